The van der Waals surface area contributed by atoms with Crippen LogP contribution in [0.25, 0.3) is 0 Å². The van der Waals surface area contributed by atoms with E-state index in [4.69, 9.17) is 5.73 Å². The molecule has 0 bridgehead atoms. The Morgan fingerprint density at radius 3 is 2.31 bits per heavy atom. The van der Waals surface area contributed by atoms with Gasteiger partial charge in [-0.25, -0.2) is 0 Å². The number of anilines is 1. The molecule has 0 aliphatic carbocycles. The molecule has 0 fully saturated rings. The van der Waals surface area contributed by atoms with Gasteiger partial charge in [0.2, 0.25) is 0 Å². The lowest BCUT2D eigenvalue weighted by atomic mass is 10.1. The number of hydrogen-bond acceptors (Lipinski definition) is 2. The van der Waals surface area contributed by atoms with Crippen molar-refractivity contribution in [1.82, 2.24) is 9.78 Å². The van der Waals surface area contributed by atoms with E-state index in [1.807, 2.05) is 29.9 Å². The fourth-order valence-electron chi connectivity index (χ4n) is 1.49. The number of aryl methyl sites for hydroxylation is 1. The van der Waals surface area contributed by atoms with Crippen molar-refractivity contribution < 1.29 is 0 Å². The Morgan fingerprint density at radius 2 is 1.81 bits per heavy atom. The van der Waals surface area contributed by atoms with Gasteiger partial charge >= 0.3 is 0 Å². The normalized spacial score (nSPS) is 9.06. The molecule has 0 atom stereocenters. The largest absolute Gasteiger partial charge is 0.396 e. The third kappa shape index (κ3) is 3.15. The highest BCUT2D eigenvalue weighted by atomic mass is 35.5. The first-order chi connectivity index (χ1) is 6.77. The molecule has 0 saturated carbocycles. The van der Waals surface area contributed by atoms with Crippen LogP contribution >= 0.6 is 24.8 Å². The Morgan fingerprint density at radius 1 is 1.19 bits per heavy atom. The van der Waals surface area contributed by atoms with Crippen molar-refractivity contribution in [3.8, 4) is 0 Å². The van der Waals surface area contributed by atoms with Crippen LogP contribution in [-0.2, 0) is 13.5 Å². The molecular formula is C11H15Cl2N3. The highest BCUT2D eigenvalue weighted by Crippen LogP contribution is 2.14. The van der Waals surface area contributed by atoms with Gasteiger partial charge in [0, 0.05) is 13.5 Å². The molecule has 88 valence electrons. The Bertz CT molecular complexity index is 407. The summed E-state index contributed by atoms with van der Waals surface area (Å²) in [6, 6.07) is 10.2. The van der Waals surface area contributed by atoms with Crippen molar-refractivity contribution in [3.63, 3.8) is 0 Å². The summed E-state index contributed by atoms with van der Waals surface area (Å²) in [5.74, 6) is 0. The van der Waals surface area contributed by atoms with E-state index < -0.39 is 0 Å². The van der Waals surface area contributed by atoms with Gasteiger partial charge in [0.15, 0.2) is 0 Å². The van der Waals surface area contributed by atoms with Crippen LogP contribution in [0.1, 0.15) is 11.3 Å². The number of aromatic nitrogens is 2. The van der Waals surface area contributed by atoms with Gasteiger partial charge in [-0.2, -0.15) is 5.10 Å². The van der Waals surface area contributed by atoms with E-state index in [0.29, 0.717) is 0 Å². The van der Waals surface area contributed by atoms with Crippen molar-refractivity contribution in [2.45, 2.75) is 6.42 Å². The maximum Gasteiger partial charge on any atom is 0.0736 e. The first kappa shape index (κ1) is 14.8. The number of nitrogens with two attached hydrogens (primary N) is 1. The van der Waals surface area contributed by atoms with Crippen LogP contribution in [0.3, 0.4) is 0 Å². The average molecular weight is 260 g/mol. The van der Waals surface area contributed by atoms with Gasteiger partial charge in [-0.05, 0) is 5.56 Å². The Kier molecular flexibility index (Phi) is 5.93. The van der Waals surface area contributed by atoms with Gasteiger partial charge in [-0.1, -0.05) is 30.3 Å². The number of hydrogen-bond donors (Lipinski definition) is 1. The second-order valence-electron chi connectivity index (χ2n) is 3.33. The fraction of sp³-hybridized carbons (Fsp3) is 0.182. The zero-order valence-corrected chi connectivity index (χ0v) is 10.6. The van der Waals surface area contributed by atoms with Crippen molar-refractivity contribution >= 4 is 30.5 Å². The summed E-state index contributed by atoms with van der Waals surface area (Å²) in [6.07, 6.45) is 2.53. The fourth-order valence-corrected chi connectivity index (χ4v) is 1.49. The molecule has 2 aromatic rings. The van der Waals surface area contributed by atoms with E-state index in [1.54, 1.807) is 6.20 Å². The van der Waals surface area contributed by atoms with E-state index in [1.165, 1.54) is 5.56 Å². The molecule has 0 unspecified atom stereocenters. The molecule has 1 aromatic heterocycles. The quantitative estimate of drug-likeness (QED) is 0.901. The van der Waals surface area contributed by atoms with Crippen LogP contribution < -0.4 is 5.73 Å². The van der Waals surface area contributed by atoms with Gasteiger partial charge < -0.3 is 5.73 Å². The number of halogens is 2. The maximum atomic E-state index is 5.81. The summed E-state index contributed by atoms with van der Waals surface area (Å²) in [5, 5.41) is 4.10. The zero-order valence-electron chi connectivity index (χ0n) is 8.96. The summed E-state index contributed by atoms with van der Waals surface area (Å²) in [7, 11) is 1.91. The van der Waals surface area contributed by atoms with E-state index in [2.05, 4.69) is 17.2 Å². The molecule has 0 amide bonds. The monoisotopic (exact) mass is 259 g/mol. The predicted molar refractivity (Wildman–Crippen MR) is 71.4 cm³/mol. The maximum absolute atomic E-state index is 5.81. The lowest BCUT2D eigenvalue weighted by Crippen LogP contribution is -2.01. The van der Waals surface area contributed by atoms with E-state index >= 15 is 0 Å². The first-order valence-corrected chi connectivity index (χ1v) is 4.57. The van der Waals surface area contributed by atoms with E-state index in [-0.39, 0.29) is 24.8 Å². The van der Waals surface area contributed by atoms with Crippen molar-refractivity contribution in [2.75, 3.05) is 5.73 Å². The molecular weight excluding hydrogens is 245 g/mol. The molecule has 0 aliphatic heterocycles. The molecule has 16 heavy (non-hydrogen) atoms. The molecule has 1 heterocycles. The minimum atomic E-state index is 0. The highest BCUT2D eigenvalue weighted by molar-refractivity contribution is 5.85. The minimum absolute atomic E-state index is 0. The predicted octanol–water partition coefficient (Wildman–Crippen LogP) is 2.44. The zero-order chi connectivity index (χ0) is 9.97. The van der Waals surface area contributed by atoms with Gasteiger partial charge in [0.25, 0.3) is 0 Å². The molecule has 2 rings (SSSR count). The van der Waals surface area contributed by atoms with Gasteiger partial charge in [-0.15, -0.1) is 24.8 Å². The standard InChI is InChI=1S/C11H13N3.2ClH/c1-14-11(10(12)8-13-14)7-9-5-3-2-4-6-9;;/h2-6,8H,7,12H2,1H3;2*1H. The van der Waals surface area contributed by atoms with Gasteiger partial charge in [0.1, 0.15) is 0 Å². The van der Waals surface area contributed by atoms with Crippen LogP contribution in [0.2, 0.25) is 0 Å². The average Bonchev–Trinajstić information content (AvgIpc) is 2.51. The van der Waals surface area contributed by atoms with E-state index in [0.717, 1.165) is 17.8 Å². The van der Waals surface area contributed by atoms with Crippen molar-refractivity contribution in [2.24, 2.45) is 7.05 Å². The molecule has 0 radical (unpaired) electrons. The number of nitrogen functional groups attached to an aromatic ring is 1. The second-order valence-corrected chi connectivity index (χ2v) is 3.33. The van der Waals surface area contributed by atoms with Crippen LogP contribution in [0.15, 0.2) is 36.5 Å². The minimum Gasteiger partial charge on any atom is -0.396 e. The smallest absolute Gasteiger partial charge is 0.0736 e. The van der Waals surface area contributed by atoms with Crippen LogP contribution in [0, 0.1) is 0 Å². The lowest BCUT2D eigenvalue weighted by molar-refractivity contribution is 0.725. The second kappa shape index (κ2) is 6.40. The lowest BCUT2D eigenvalue weighted by Gasteiger charge is -2.03. The molecule has 0 saturated heterocycles. The Balaban J connectivity index is 0.00000112. The van der Waals surface area contributed by atoms with E-state index in [9.17, 15) is 0 Å². The summed E-state index contributed by atoms with van der Waals surface area (Å²) in [5.41, 5.74) is 8.88. The number of rotatable bonds is 2. The molecule has 2 N–H and O–H groups in total. The Labute approximate surface area is 107 Å². The Hall–Kier alpha value is -1.19. The SMILES string of the molecule is Cl.Cl.Cn1ncc(N)c1Cc1ccccc1. The topological polar surface area (TPSA) is 43.8 Å². The van der Waals surface area contributed by atoms with Gasteiger partial charge in [0.05, 0.1) is 17.6 Å². The third-order valence-electron chi connectivity index (χ3n) is 2.31. The molecule has 1 aromatic carbocycles. The van der Waals surface area contributed by atoms with Gasteiger partial charge in [-0.3, -0.25) is 4.68 Å². The summed E-state index contributed by atoms with van der Waals surface area (Å²) in [6.45, 7) is 0. The number of benzene rings is 1. The van der Waals surface area contributed by atoms with Crippen molar-refractivity contribution in [1.29, 1.82) is 0 Å². The molecule has 5 heteroatoms. The molecule has 0 aliphatic rings. The van der Waals surface area contributed by atoms with Crippen LogP contribution in [0.4, 0.5) is 5.69 Å². The molecule has 3 nitrogen and oxygen atoms in total. The first-order valence-electron chi connectivity index (χ1n) is 4.57. The van der Waals surface area contributed by atoms with Crippen LogP contribution in [-0.4, -0.2) is 9.78 Å². The summed E-state index contributed by atoms with van der Waals surface area (Å²) >= 11 is 0. The van der Waals surface area contributed by atoms with Crippen LogP contribution in [0.5, 0.6) is 0 Å². The highest BCUT2D eigenvalue weighted by Gasteiger charge is 2.05. The van der Waals surface area contributed by atoms with Crippen molar-refractivity contribution in [3.05, 3.63) is 47.8 Å². The third-order valence-corrected chi connectivity index (χ3v) is 2.31. The summed E-state index contributed by atoms with van der Waals surface area (Å²) < 4.78 is 1.82. The molecule has 0 spiro atoms. The number of nitrogens with zero attached hydrogens (tertiary/aromatic N) is 2. The summed E-state index contributed by atoms with van der Waals surface area (Å²) in [4.78, 5) is 0.